The van der Waals surface area contributed by atoms with Crippen molar-refractivity contribution in [3.8, 4) is 11.1 Å². The normalized spacial score (nSPS) is 16.5. The SMILES string of the molecule is Cc1ncc(NC(=O)c2ccnc(C(F)(F)F)c2)cc1-c1cc(N2CCOCC2)nc(N2CC(O)C2)c1. The van der Waals surface area contributed by atoms with Crippen molar-refractivity contribution >= 4 is 23.2 Å². The van der Waals surface area contributed by atoms with Crippen molar-refractivity contribution in [3.05, 3.63) is 59.7 Å². The highest BCUT2D eigenvalue weighted by molar-refractivity contribution is 6.04. The Hall–Kier alpha value is -3.77. The molecule has 0 saturated carbocycles. The summed E-state index contributed by atoms with van der Waals surface area (Å²) in [6.07, 6.45) is -2.64. The third-order valence-electron chi connectivity index (χ3n) is 6.29. The molecule has 9 nitrogen and oxygen atoms in total. The maximum Gasteiger partial charge on any atom is 0.433 e. The first-order valence-electron chi connectivity index (χ1n) is 11.8. The molecule has 5 heterocycles. The number of amides is 1. The summed E-state index contributed by atoms with van der Waals surface area (Å²) in [7, 11) is 0. The van der Waals surface area contributed by atoms with Gasteiger partial charge in [-0.25, -0.2) is 4.98 Å². The minimum absolute atomic E-state index is 0.165. The lowest BCUT2D eigenvalue weighted by molar-refractivity contribution is -0.141. The zero-order valence-electron chi connectivity index (χ0n) is 20.0. The van der Waals surface area contributed by atoms with E-state index in [0.717, 1.165) is 29.0 Å². The van der Waals surface area contributed by atoms with Crippen LogP contribution in [0, 0.1) is 6.92 Å². The van der Waals surface area contributed by atoms with Gasteiger partial charge in [0.05, 0.1) is 31.2 Å². The number of rotatable bonds is 5. The van der Waals surface area contributed by atoms with E-state index >= 15 is 0 Å². The number of aliphatic hydroxyl groups excluding tert-OH is 1. The van der Waals surface area contributed by atoms with Gasteiger partial charge in [-0.15, -0.1) is 0 Å². The summed E-state index contributed by atoms with van der Waals surface area (Å²) in [6, 6.07) is 7.52. The van der Waals surface area contributed by atoms with Crippen LogP contribution in [0.5, 0.6) is 0 Å². The summed E-state index contributed by atoms with van der Waals surface area (Å²) in [5.74, 6) is 0.778. The molecule has 2 aliphatic rings. The molecule has 3 aromatic heterocycles. The fourth-order valence-electron chi connectivity index (χ4n) is 4.24. The fourth-order valence-corrected chi connectivity index (χ4v) is 4.24. The van der Waals surface area contributed by atoms with Gasteiger partial charge >= 0.3 is 6.18 Å². The standard InChI is InChI=1S/C25H25F3N6O3/c1-15-20(11-18(12-30-15)31-24(36)16-2-3-29-21(8-16)25(26,27)28)17-9-22(33-4-6-37-7-5-33)32-23(10-17)34-13-19(35)14-34/h2-3,8-12,19,35H,4-7,13-14H2,1H3,(H,31,36). The second kappa shape index (κ2) is 9.94. The van der Waals surface area contributed by atoms with Crippen LogP contribution in [0.15, 0.2) is 42.7 Å². The van der Waals surface area contributed by atoms with E-state index in [2.05, 4.69) is 20.2 Å². The average Bonchev–Trinajstić information content (AvgIpc) is 2.87. The Bertz CT molecular complexity index is 1310. The number of carbonyl (C=O) groups excluding carboxylic acids is 1. The van der Waals surface area contributed by atoms with E-state index in [0.29, 0.717) is 56.8 Å². The second-order valence-electron chi connectivity index (χ2n) is 8.97. The smallest absolute Gasteiger partial charge is 0.389 e. The molecule has 0 atom stereocenters. The minimum Gasteiger partial charge on any atom is -0.389 e. The summed E-state index contributed by atoms with van der Waals surface area (Å²) in [6.45, 7) is 5.38. The molecule has 0 aliphatic carbocycles. The molecule has 0 spiro atoms. The molecular weight excluding hydrogens is 489 g/mol. The van der Waals surface area contributed by atoms with E-state index in [1.54, 1.807) is 6.07 Å². The molecule has 12 heteroatoms. The first-order valence-corrected chi connectivity index (χ1v) is 11.8. The topological polar surface area (TPSA) is 104 Å². The number of pyridine rings is 3. The van der Waals surface area contributed by atoms with Crippen LogP contribution in [0.1, 0.15) is 21.7 Å². The quantitative estimate of drug-likeness (QED) is 0.536. The Morgan fingerprint density at radius 1 is 1.08 bits per heavy atom. The van der Waals surface area contributed by atoms with Crippen LogP contribution in [-0.2, 0) is 10.9 Å². The van der Waals surface area contributed by atoms with Crippen molar-refractivity contribution < 1.29 is 27.8 Å². The van der Waals surface area contributed by atoms with Gasteiger partial charge in [0.2, 0.25) is 0 Å². The van der Waals surface area contributed by atoms with Gasteiger partial charge in [0.25, 0.3) is 5.91 Å². The molecule has 0 bridgehead atoms. The second-order valence-corrected chi connectivity index (χ2v) is 8.97. The minimum atomic E-state index is -4.65. The number of halogens is 3. The molecule has 0 aromatic carbocycles. The number of morpholine rings is 1. The van der Waals surface area contributed by atoms with E-state index in [1.165, 1.54) is 12.3 Å². The summed E-state index contributed by atoms with van der Waals surface area (Å²) in [4.78, 5) is 29.3. The van der Waals surface area contributed by atoms with Gasteiger partial charge in [-0.2, -0.15) is 13.2 Å². The van der Waals surface area contributed by atoms with E-state index < -0.39 is 23.9 Å². The van der Waals surface area contributed by atoms with Crippen molar-refractivity contribution in [1.82, 2.24) is 15.0 Å². The molecule has 194 valence electrons. The third kappa shape index (κ3) is 5.49. The number of aryl methyl sites for hydroxylation is 1. The number of β-amino-alcohol motifs (C(OH)–C–C–N with tert-alkyl or cyclic N) is 1. The van der Waals surface area contributed by atoms with E-state index in [4.69, 9.17) is 9.72 Å². The van der Waals surface area contributed by atoms with E-state index in [9.17, 15) is 23.1 Å². The number of nitrogens with zero attached hydrogens (tertiary/aromatic N) is 5. The first-order chi connectivity index (χ1) is 17.7. The maximum atomic E-state index is 13.0. The highest BCUT2D eigenvalue weighted by atomic mass is 19.4. The molecule has 2 fully saturated rings. The number of hydrogen-bond donors (Lipinski definition) is 2. The first kappa shape index (κ1) is 24.9. The number of alkyl halides is 3. The molecule has 37 heavy (non-hydrogen) atoms. The third-order valence-corrected chi connectivity index (χ3v) is 6.29. The van der Waals surface area contributed by atoms with Crippen LogP contribution in [0.4, 0.5) is 30.5 Å². The average molecular weight is 515 g/mol. The number of aromatic nitrogens is 3. The van der Waals surface area contributed by atoms with Gasteiger partial charge in [0, 0.05) is 49.2 Å². The highest BCUT2D eigenvalue weighted by Crippen LogP contribution is 2.33. The van der Waals surface area contributed by atoms with Crippen LogP contribution in [0.25, 0.3) is 11.1 Å². The van der Waals surface area contributed by atoms with E-state index in [-0.39, 0.29) is 5.56 Å². The van der Waals surface area contributed by atoms with Crippen LogP contribution >= 0.6 is 0 Å². The van der Waals surface area contributed by atoms with Gasteiger partial charge < -0.3 is 25.0 Å². The van der Waals surface area contributed by atoms with Crippen LogP contribution in [-0.4, -0.2) is 71.5 Å². The van der Waals surface area contributed by atoms with Gasteiger partial charge in [-0.3, -0.25) is 14.8 Å². The Morgan fingerprint density at radius 2 is 1.78 bits per heavy atom. The maximum absolute atomic E-state index is 13.0. The largest absolute Gasteiger partial charge is 0.433 e. The molecular formula is C25H25F3N6O3. The number of ether oxygens (including phenoxy) is 1. The predicted octanol–water partition coefficient (Wildman–Crippen LogP) is 3.14. The molecule has 0 radical (unpaired) electrons. The summed E-state index contributed by atoms with van der Waals surface area (Å²) < 4.78 is 44.5. The lowest BCUT2D eigenvalue weighted by Gasteiger charge is -2.38. The lowest BCUT2D eigenvalue weighted by Crippen LogP contribution is -2.51. The molecule has 2 aliphatic heterocycles. The van der Waals surface area contributed by atoms with Gasteiger partial charge in [-0.1, -0.05) is 0 Å². The van der Waals surface area contributed by atoms with Crippen molar-refractivity contribution in [2.24, 2.45) is 0 Å². The zero-order valence-corrected chi connectivity index (χ0v) is 20.0. The van der Waals surface area contributed by atoms with Crippen LogP contribution in [0.2, 0.25) is 0 Å². The van der Waals surface area contributed by atoms with Crippen LogP contribution < -0.4 is 15.1 Å². The summed E-state index contributed by atoms with van der Waals surface area (Å²) in [5, 5.41) is 12.4. The number of carbonyl (C=O) groups is 1. The predicted molar refractivity (Wildman–Crippen MR) is 131 cm³/mol. The molecule has 2 saturated heterocycles. The van der Waals surface area contributed by atoms with Crippen molar-refractivity contribution in [1.29, 1.82) is 0 Å². The summed E-state index contributed by atoms with van der Waals surface area (Å²) >= 11 is 0. The number of nitrogens with one attached hydrogen (secondary N) is 1. The number of hydrogen-bond acceptors (Lipinski definition) is 8. The Kier molecular flexibility index (Phi) is 6.69. The van der Waals surface area contributed by atoms with Crippen molar-refractivity contribution in [2.45, 2.75) is 19.2 Å². The van der Waals surface area contributed by atoms with Gasteiger partial charge in [-0.05, 0) is 42.8 Å². The lowest BCUT2D eigenvalue weighted by atomic mass is 10.0. The van der Waals surface area contributed by atoms with Crippen LogP contribution in [0.3, 0.4) is 0 Å². The molecule has 1 amide bonds. The monoisotopic (exact) mass is 514 g/mol. The van der Waals surface area contributed by atoms with Gasteiger partial charge in [0.1, 0.15) is 17.3 Å². The Balaban J connectivity index is 1.46. The molecule has 5 rings (SSSR count). The van der Waals surface area contributed by atoms with E-state index in [1.807, 2.05) is 24.0 Å². The van der Waals surface area contributed by atoms with Gasteiger partial charge in [0.15, 0.2) is 0 Å². The highest BCUT2D eigenvalue weighted by Gasteiger charge is 2.33. The Labute approximate surface area is 210 Å². The van der Waals surface area contributed by atoms with Crippen molar-refractivity contribution in [2.75, 3.05) is 54.5 Å². The molecule has 3 aromatic rings. The Morgan fingerprint density at radius 3 is 2.46 bits per heavy atom. The fraction of sp³-hybridized carbons (Fsp3) is 0.360. The van der Waals surface area contributed by atoms with Crippen molar-refractivity contribution in [3.63, 3.8) is 0 Å². The molecule has 0 unspecified atom stereocenters. The number of anilines is 3. The summed E-state index contributed by atoms with van der Waals surface area (Å²) in [5.41, 5.74) is 1.29. The zero-order chi connectivity index (χ0) is 26.2. The number of aliphatic hydroxyl groups is 1. The molecule has 2 N–H and O–H groups in total.